The lowest BCUT2D eigenvalue weighted by molar-refractivity contribution is 1.20. The summed E-state index contributed by atoms with van der Waals surface area (Å²) >= 11 is 0. The van der Waals surface area contributed by atoms with Gasteiger partial charge < -0.3 is 4.57 Å². The number of para-hydroxylation sites is 2. The smallest absolute Gasteiger partial charge is 0.0541 e. The molecule has 0 bridgehead atoms. The minimum absolute atomic E-state index is 1.24. The molecule has 0 fully saturated rings. The van der Waals surface area contributed by atoms with Crippen molar-refractivity contribution >= 4 is 54.1 Å². The molecule has 9 rings (SSSR count). The van der Waals surface area contributed by atoms with Crippen LogP contribution in [-0.4, -0.2) is 4.57 Å². The summed E-state index contributed by atoms with van der Waals surface area (Å²) in [6.45, 7) is 0. The van der Waals surface area contributed by atoms with Gasteiger partial charge in [-0.1, -0.05) is 97.1 Å². The third-order valence-electron chi connectivity index (χ3n) is 8.30. The highest BCUT2D eigenvalue weighted by molar-refractivity contribution is 6.22. The third-order valence-corrected chi connectivity index (χ3v) is 8.30. The lowest BCUT2D eigenvalue weighted by Crippen LogP contribution is -1.95. The summed E-state index contributed by atoms with van der Waals surface area (Å²) in [5, 5.41) is 10.5. The zero-order valence-corrected chi connectivity index (χ0v) is 20.1. The molecule has 0 atom stereocenters. The van der Waals surface area contributed by atoms with E-state index in [0.29, 0.717) is 0 Å². The molecule has 0 N–H and O–H groups in total. The number of benzene rings is 7. The van der Waals surface area contributed by atoms with Crippen LogP contribution in [0, 0.1) is 0 Å². The van der Waals surface area contributed by atoms with E-state index in [1.54, 1.807) is 0 Å². The van der Waals surface area contributed by atoms with Gasteiger partial charge in [0, 0.05) is 16.2 Å². The number of nitrogens with zero attached hydrogens (tertiary/aromatic N) is 1. The van der Waals surface area contributed by atoms with E-state index in [0.717, 1.165) is 0 Å². The highest BCUT2D eigenvalue weighted by Gasteiger charge is 2.24. The van der Waals surface area contributed by atoms with Gasteiger partial charge >= 0.3 is 0 Å². The van der Waals surface area contributed by atoms with Crippen molar-refractivity contribution < 1.29 is 0 Å². The molecule has 0 saturated carbocycles. The van der Waals surface area contributed by atoms with Crippen LogP contribution in [0.5, 0.6) is 0 Å². The molecule has 0 radical (unpaired) electrons. The van der Waals surface area contributed by atoms with E-state index in [1.165, 1.54) is 82.1 Å². The lowest BCUT2D eigenvalue weighted by atomic mass is 9.95. The Hall–Kier alpha value is -4.88. The van der Waals surface area contributed by atoms with E-state index in [-0.39, 0.29) is 0 Å². The quantitative estimate of drug-likeness (QED) is 0.212. The van der Waals surface area contributed by atoms with Crippen LogP contribution in [-0.2, 0) is 0 Å². The summed E-state index contributed by atoms with van der Waals surface area (Å²) in [5.74, 6) is 0. The van der Waals surface area contributed by atoms with Crippen LogP contribution in [0.1, 0.15) is 0 Å². The Balaban J connectivity index is 1.39. The van der Waals surface area contributed by atoms with Crippen molar-refractivity contribution in [3.63, 3.8) is 0 Å². The van der Waals surface area contributed by atoms with Gasteiger partial charge in [0.2, 0.25) is 0 Å². The summed E-state index contributed by atoms with van der Waals surface area (Å²) < 4.78 is 2.44. The largest absolute Gasteiger partial charge is 0.309 e. The van der Waals surface area contributed by atoms with E-state index in [2.05, 4.69) is 132 Å². The molecule has 0 amide bonds. The van der Waals surface area contributed by atoms with Gasteiger partial charge in [-0.3, -0.25) is 0 Å². The van der Waals surface area contributed by atoms with Crippen molar-refractivity contribution in [3.8, 4) is 27.9 Å². The van der Waals surface area contributed by atoms with Gasteiger partial charge in [0.1, 0.15) is 0 Å². The fourth-order valence-electron chi connectivity index (χ4n) is 6.72. The van der Waals surface area contributed by atoms with Crippen LogP contribution >= 0.6 is 0 Å². The number of hydrogen-bond donors (Lipinski definition) is 0. The number of hydrogen-bond acceptors (Lipinski definition) is 0. The summed E-state index contributed by atoms with van der Waals surface area (Å²) in [7, 11) is 0. The maximum Gasteiger partial charge on any atom is 0.0541 e. The van der Waals surface area contributed by atoms with Crippen molar-refractivity contribution in [2.75, 3.05) is 0 Å². The highest BCUT2D eigenvalue weighted by atomic mass is 15.0. The standard InChI is InChI=1S/C36H21N/c1-2-9-24-22(8-1)16-17-23-20-31-27-12-7-13-29-35(19-18-28(36(27)29)32(31)21-30(23)24)37-33-14-5-3-10-25(33)26-11-4-6-15-34(26)37/h1-21H. The molecule has 1 nitrogen and oxygen atoms in total. The first kappa shape index (κ1) is 19.3. The van der Waals surface area contributed by atoms with E-state index >= 15 is 0 Å². The normalized spacial score (nSPS) is 12.3. The van der Waals surface area contributed by atoms with Gasteiger partial charge in [-0.05, 0) is 79.5 Å². The van der Waals surface area contributed by atoms with Gasteiger partial charge in [0.05, 0.1) is 16.7 Å². The van der Waals surface area contributed by atoms with Crippen LogP contribution < -0.4 is 0 Å². The van der Waals surface area contributed by atoms with Crippen molar-refractivity contribution in [2.24, 2.45) is 0 Å². The Kier molecular flexibility index (Phi) is 3.59. The Morgan fingerprint density at radius 3 is 1.78 bits per heavy atom. The number of rotatable bonds is 1. The maximum absolute atomic E-state index is 2.44. The Bertz CT molecular complexity index is 2190. The second-order valence-corrected chi connectivity index (χ2v) is 10.1. The lowest BCUT2D eigenvalue weighted by Gasteiger charge is -2.13. The molecule has 0 unspecified atom stereocenters. The SMILES string of the molecule is c1ccc2c(c1)ccc1cc3c(cc12)-c1ccc(-n2c4ccccc4c4ccccc42)c2cccc-3c12. The van der Waals surface area contributed by atoms with Gasteiger partial charge in [-0.25, -0.2) is 0 Å². The summed E-state index contributed by atoms with van der Waals surface area (Å²) in [6, 6.07) is 47.0. The maximum atomic E-state index is 2.44. The first-order valence-corrected chi connectivity index (χ1v) is 12.9. The van der Waals surface area contributed by atoms with E-state index < -0.39 is 0 Å². The molecule has 1 aromatic heterocycles. The monoisotopic (exact) mass is 467 g/mol. The second kappa shape index (κ2) is 6.87. The van der Waals surface area contributed by atoms with Crippen molar-refractivity contribution in [3.05, 3.63) is 127 Å². The predicted octanol–water partition coefficient (Wildman–Crippen LogP) is 9.89. The molecule has 0 saturated heterocycles. The minimum Gasteiger partial charge on any atom is -0.309 e. The Labute approximate surface area is 213 Å². The zero-order valence-electron chi connectivity index (χ0n) is 20.1. The number of aromatic nitrogens is 1. The van der Waals surface area contributed by atoms with Crippen molar-refractivity contribution in [2.45, 2.75) is 0 Å². The Morgan fingerprint density at radius 2 is 0.973 bits per heavy atom. The third kappa shape index (κ3) is 2.43. The second-order valence-electron chi connectivity index (χ2n) is 10.1. The Morgan fingerprint density at radius 1 is 0.351 bits per heavy atom. The molecule has 1 heterocycles. The van der Waals surface area contributed by atoms with Crippen LogP contribution in [0.15, 0.2) is 127 Å². The fraction of sp³-hybridized carbons (Fsp3) is 0. The summed E-state index contributed by atoms with van der Waals surface area (Å²) in [5.41, 5.74) is 9.07. The van der Waals surface area contributed by atoms with Gasteiger partial charge in [0.25, 0.3) is 0 Å². The van der Waals surface area contributed by atoms with Gasteiger partial charge in [-0.2, -0.15) is 0 Å². The van der Waals surface area contributed by atoms with Gasteiger partial charge in [-0.15, -0.1) is 0 Å². The highest BCUT2D eigenvalue weighted by Crippen LogP contribution is 2.50. The molecule has 7 aromatic carbocycles. The number of fused-ring (bicyclic) bond motifs is 9. The fourth-order valence-corrected chi connectivity index (χ4v) is 6.72. The van der Waals surface area contributed by atoms with E-state index in [9.17, 15) is 0 Å². The molecule has 0 aliphatic heterocycles. The molecule has 1 heteroatoms. The van der Waals surface area contributed by atoms with Crippen molar-refractivity contribution in [1.82, 2.24) is 4.57 Å². The van der Waals surface area contributed by atoms with E-state index in [1.807, 2.05) is 0 Å². The van der Waals surface area contributed by atoms with Crippen molar-refractivity contribution in [1.29, 1.82) is 0 Å². The minimum atomic E-state index is 1.24. The summed E-state index contributed by atoms with van der Waals surface area (Å²) in [4.78, 5) is 0. The van der Waals surface area contributed by atoms with Crippen LogP contribution in [0.2, 0.25) is 0 Å². The molecular weight excluding hydrogens is 446 g/mol. The molecular formula is C36H21N. The summed E-state index contributed by atoms with van der Waals surface area (Å²) in [6.07, 6.45) is 0. The van der Waals surface area contributed by atoms with Crippen LogP contribution in [0.4, 0.5) is 0 Å². The molecule has 8 aromatic rings. The average molecular weight is 468 g/mol. The van der Waals surface area contributed by atoms with E-state index in [4.69, 9.17) is 0 Å². The molecule has 1 aliphatic carbocycles. The molecule has 1 aliphatic rings. The molecule has 37 heavy (non-hydrogen) atoms. The molecule has 170 valence electrons. The zero-order chi connectivity index (χ0) is 24.1. The van der Waals surface area contributed by atoms with Gasteiger partial charge in [0.15, 0.2) is 0 Å². The molecule has 0 spiro atoms. The predicted molar refractivity (Wildman–Crippen MR) is 158 cm³/mol. The van der Waals surface area contributed by atoms with Crippen LogP contribution in [0.25, 0.3) is 82.1 Å². The first-order chi connectivity index (χ1) is 18.4. The first-order valence-electron chi connectivity index (χ1n) is 12.9. The van der Waals surface area contributed by atoms with Crippen LogP contribution in [0.3, 0.4) is 0 Å². The topological polar surface area (TPSA) is 4.93 Å². The average Bonchev–Trinajstić information content (AvgIpc) is 3.46.